The minimum absolute atomic E-state index is 0.0743. The van der Waals surface area contributed by atoms with Crippen LogP contribution < -0.4 is 10.0 Å². The van der Waals surface area contributed by atoms with E-state index in [1.165, 1.54) is 6.07 Å². The maximum Gasteiger partial charge on any atom is 0.272 e. The van der Waals surface area contributed by atoms with Gasteiger partial charge in [0.25, 0.3) is 5.91 Å². The average Bonchev–Trinajstić information content (AvgIpc) is 3.12. The van der Waals surface area contributed by atoms with Gasteiger partial charge in [0.2, 0.25) is 5.95 Å². The van der Waals surface area contributed by atoms with Gasteiger partial charge < -0.3 is 9.88 Å². The smallest absolute Gasteiger partial charge is 0.272 e. The van der Waals surface area contributed by atoms with Gasteiger partial charge in [-0.15, -0.1) is 0 Å². The summed E-state index contributed by atoms with van der Waals surface area (Å²) in [5, 5.41) is 11.6. The fourth-order valence-corrected chi connectivity index (χ4v) is 4.04. The maximum absolute atomic E-state index is 13.5. The lowest BCUT2D eigenvalue weighted by Crippen LogP contribution is -2.18. The highest BCUT2D eigenvalue weighted by atomic mass is 32.2. The van der Waals surface area contributed by atoms with Crippen LogP contribution in [0.3, 0.4) is 0 Å². The molecule has 0 aliphatic carbocycles. The molecule has 2 N–H and O–H groups in total. The van der Waals surface area contributed by atoms with Crippen molar-refractivity contribution in [2.45, 2.75) is 51.1 Å². The van der Waals surface area contributed by atoms with Crippen LogP contribution in [0, 0.1) is 24.2 Å². The molecule has 1 aliphatic heterocycles. The molecule has 0 atom stereocenters. The molecule has 1 aliphatic rings. The van der Waals surface area contributed by atoms with Crippen molar-refractivity contribution >= 4 is 23.5 Å². The average molecular weight is 373 g/mol. The van der Waals surface area contributed by atoms with Gasteiger partial charge in [-0.05, 0) is 57.2 Å². The third-order valence-electron chi connectivity index (χ3n) is 4.13. The van der Waals surface area contributed by atoms with Crippen molar-refractivity contribution < 1.29 is 9.18 Å². The van der Waals surface area contributed by atoms with Gasteiger partial charge in [-0.25, -0.2) is 4.98 Å². The number of hydrogen-bond acceptors (Lipinski definition) is 5. The van der Waals surface area contributed by atoms with Crippen LogP contribution >= 0.6 is 11.9 Å². The minimum atomic E-state index is -0.797. The summed E-state index contributed by atoms with van der Waals surface area (Å²) in [4.78, 5) is 17.4. The Kier molecular flexibility index (Phi) is 5.30. The van der Waals surface area contributed by atoms with E-state index in [9.17, 15) is 9.18 Å². The van der Waals surface area contributed by atoms with E-state index in [4.69, 9.17) is 5.26 Å². The quantitative estimate of drug-likeness (QED) is 0.620. The summed E-state index contributed by atoms with van der Waals surface area (Å²) in [5.74, 6) is -1.11. The lowest BCUT2D eigenvalue weighted by molar-refractivity contribution is 0.101. The molecule has 1 amide bonds. The number of fused-ring (bicyclic) bond motifs is 1. The number of halogens is 1. The first-order chi connectivity index (χ1) is 12.4. The van der Waals surface area contributed by atoms with E-state index in [1.54, 1.807) is 18.0 Å². The number of aromatic nitrogens is 2. The summed E-state index contributed by atoms with van der Waals surface area (Å²) >= 11 is 1.55. The number of carbonyl (C=O) groups excluding carboxylic acids is 1. The second-order valence-corrected chi connectivity index (χ2v) is 7.36. The van der Waals surface area contributed by atoms with E-state index in [2.05, 4.69) is 28.9 Å². The molecule has 0 bridgehead atoms. The second kappa shape index (κ2) is 7.48. The predicted molar refractivity (Wildman–Crippen MR) is 98.5 cm³/mol. The Morgan fingerprint density at radius 1 is 1.46 bits per heavy atom. The molecule has 3 rings (SSSR count). The van der Waals surface area contributed by atoms with E-state index >= 15 is 0 Å². The zero-order chi connectivity index (χ0) is 18.8. The number of hydrogen-bond donors (Lipinski definition) is 2. The summed E-state index contributed by atoms with van der Waals surface area (Å²) in [6.45, 7) is 6.85. The first-order valence-corrected chi connectivity index (χ1v) is 9.25. The number of nitriles is 1. The summed E-state index contributed by atoms with van der Waals surface area (Å²) in [6, 6.07) is 4.57. The van der Waals surface area contributed by atoms with Crippen molar-refractivity contribution in [1.29, 1.82) is 5.26 Å². The highest BCUT2D eigenvalue weighted by Gasteiger charge is 2.28. The SMILES string of the molecule is Cc1c(SNC(C)C)c2n(c1C(=O)Nc1cc(F)nc(C#N)c1)CCC2. The van der Waals surface area contributed by atoms with Crippen molar-refractivity contribution in [3.63, 3.8) is 0 Å². The van der Waals surface area contributed by atoms with Crippen LogP contribution in [-0.4, -0.2) is 21.5 Å². The fraction of sp³-hybridized carbons (Fsp3) is 0.389. The molecular weight excluding hydrogens is 353 g/mol. The van der Waals surface area contributed by atoms with Gasteiger partial charge >= 0.3 is 0 Å². The van der Waals surface area contributed by atoms with E-state index < -0.39 is 5.95 Å². The number of pyridine rings is 1. The zero-order valence-corrected chi connectivity index (χ0v) is 15.7. The van der Waals surface area contributed by atoms with Crippen LogP contribution in [0.25, 0.3) is 0 Å². The highest BCUT2D eigenvalue weighted by Crippen LogP contribution is 2.35. The molecule has 8 heteroatoms. The molecule has 26 heavy (non-hydrogen) atoms. The largest absolute Gasteiger partial charge is 0.339 e. The van der Waals surface area contributed by atoms with Crippen molar-refractivity contribution in [2.75, 3.05) is 5.32 Å². The van der Waals surface area contributed by atoms with E-state index in [0.29, 0.717) is 11.7 Å². The first kappa shape index (κ1) is 18.4. The van der Waals surface area contributed by atoms with Crippen LogP contribution in [0.2, 0.25) is 0 Å². The zero-order valence-electron chi connectivity index (χ0n) is 14.9. The normalized spacial score (nSPS) is 12.9. The number of amides is 1. The van der Waals surface area contributed by atoms with Crippen molar-refractivity contribution in [3.05, 3.63) is 40.7 Å². The van der Waals surface area contributed by atoms with Gasteiger partial charge in [-0.1, -0.05) is 0 Å². The monoisotopic (exact) mass is 373 g/mol. The topological polar surface area (TPSA) is 82.7 Å². The molecule has 6 nitrogen and oxygen atoms in total. The Hall–Kier alpha value is -2.37. The predicted octanol–water partition coefficient (Wildman–Crippen LogP) is 3.41. The van der Waals surface area contributed by atoms with Gasteiger partial charge in [0, 0.05) is 34.9 Å². The fourth-order valence-electron chi connectivity index (χ4n) is 3.11. The number of nitrogens with one attached hydrogen (secondary N) is 2. The molecule has 2 aromatic rings. The minimum Gasteiger partial charge on any atom is -0.339 e. The lowest BCUT2D eigenvalue weighted by atomic mass is 10.2. The Labute approximate surface area is 155 Å². The Morgan fingerprint density at radius 3 is 2.92 bits per heavy atom. The van der Waals surface area contributed by atoms with E-state index in [0.717, 1.165) is 41.6 Å². The van der Waals surface area contributed by atoms with Gasteiger partial charge in [-0.3, -0.25) is 9.52 Å². The molecule has 0 saturated carbocycles. The van der Waals surface area contributed by atoms with Crippen molar-refractivity contribution in [1.82, 2.24) is 14.3 Å². The molecule has 0 fully saturated rings. The van der Waals surface area contributed by atoms with Crippen molar-refractivity contribution in [2.24, 2.45) is 0 Å². The third kappa shape index (κ3) is 3.59. The summed E-state index contributed by atoms with van der Waals surface area (Å²) in [7, 11) is 0. The van der Waals surface area contributed by atoms with E-state index in [1.807, 2.05) is 11.5 Å². The maximum atomic E-state index is 13.5. The molecular formula is C18H20FN5OS. The lowest BCUT2D eigenvalue weighted by Gasteiger charge is -2.09. The summed E-state index contributed by atoms with van der Waals surface area (Å²) < 4.78 is 18.9. The van der Waals surface area contributed by atoms with Crippen LogP contribution in [0.4, 0.5) is 10.1 Å². The standard InChI is InChI=1S/C18H20FN5OS/c1-10(2)23-26-17-11(3)16(24-6-4-5-14(17)24)18(25)22-12-7-13(9-20)21-15(19)8-12/h7-8,10,23H,4-6H2,1-3H3,(H,21,22,25). The highest BCUT2D eigenvalue weighted by molar-refractivity contribution is 7.97. The van der Waals surface area contributed by atoms with Crippen LogP contribution in [0.1, 0.15) is 47.7 Å². The van der Waals surface area contributed by atoms with E-state index in [-0.39, 0.29) is 17.3 Å². The summed E-state index contributed by atoms with van der Waals surface area (Å²) in [6.07, 6.45) is 1.92. The van der Waals surface area contributed by atoms with Crippen LogP contribution in [-0.2, 0) is 13.0 Å². The molecule has 0 saturated heterocycles. The first-order valence-electron chi connectivity index (χ1n) is 8.44. The molecule has 3 heterocycles. The number of rotatable bonds is 5. The number of carbonyl (C=O) groups is 1. The van der Waals surface area contributed by atoms with Crippen molar-refractivity contribution in [3.8, 4) is 6.07 Å². The molecule has 136 valence electrons. The molecule has 0 radical (unpaired) electrons. The van der Waals surface area contributed by atoms with Gasteiger partial charge in [0.1, 0.15) is 17.5 Å². The van der Waals surface area contributed by atoms with Crippen LogP contribution in [0.15, 0.2) is 17.0 Å². The molecule has 0 spiro atoms. The number of nitrogens with zero attached hydrogens (tertiary/aromatic N) is 3. The van der Waals surface area contributed by atoms with Gasteiger partial charge in [0.05, 0.1) is 0 Å². The summed E-state index contributed by atoms with van der Waals surface area (Å²) in [5.41, 5.74) is 2.80. The number of anilines is 1. The van der Waals surface area contributed by atoms with Gasteiger partial charge in [0.15, 0.2) is 0 Å². The second-order valence-electron chi connectivity index (χ2n) is 6.51. The Morgan fingerprint density at radius 2 is 2.23 bits per heavy atom. The van der Waals surface area contributed by atoms with Crippen LogP contribution in [0.5, 0.6) is 0 Å². The molecule has 2 aromatic heterocycles. The molecule has 0 aromatic carbocycles. The Bertz CT molecular complexity index is 900. The van der Waals surface area contributed by atoms with Gasteiger partial charge in [-0.2, -0.15) is 9.65 Å². The third-order valence-corrected chi connectivity index (χ3v) is 5.46. The Balaban J connectivity index is 1.92. The molecule has 0 unspecified atom stereocenters.